The van der Waals surface area contributed by atoms with Crippen molar-refractivity contribution < 1.29 is 4.79 Å². The predicted octanol–water partition coefficient (Wildman–Crippen LogP) is 3.79. The quantitative estimate of drug-likeness (QED) is 0.733. The SMILES string of the molecule is CC(C(=O)NCC(C)N1CCc2sccc2C1)C(N)c1ccccc1.Cl.Cl. The van der Waals surface area contributed by atoms with Crippen molar-refractivity contribution in [1.29, 1.82) is 0 Å². The van der Waals surface area contributed by atoms with E-state index in [0.717, 1.165) is 25.1 Å². The summed E-state index contributed by atoms with van der Waals surface area (Å²) in [5.74, 6) is -0.226. The summed E-state index contributed by atoms with van der Waals surface area (Å²) in [6, 6.07) is 12.1. The number of nitrogens with two attached hydrogens (primary N) is 1. The number of fused-ring (bicyclic) bond motifs is 1. The van der Waals surface area contributed by atoms with Gasteiger partial charge in [-0.2, -0.15) is 0 Å². The predicted molar refractivity (Wildman–Crippen MR) is 118 cm³/mol. The van der Waals surface area contributed by atoms with Gasteiger partial charge in [-0.3, -0.25) is 9.69 Å². The van der Waals surface area contributed by atoms with Gasteiger partial charge in [-0.05, 0) is 35.9 Å². The third-order valence-electron chi connectivity index (χ3n) is 5.17. The number of halogens is 2. The van der Waals surface area contributed by atoms with Crippen LogP contribution in [-0.2, 0) is 17.8 Å². The molecule has 150 valence electrons. The van der Waals surface area contributed by atoms with Crippen molar-refractivity contribution in [2.24, 2.45) is 11.7 Å². The van der Waals surface area contributed by atoms with Crippen molar-refractivity contribution in [2.75, 3.05) is 13.1 Å². The average Bonchev–Trinajstić information content (AvgIpc) is 3.13. The van der Waals surface area contributed by atoms with Crippen LogP contribution in [0.15, 0.2) is 41.8 Å². The number of amides is 1. The summed E-state index contributed by atoms with van der Waals surface area (Å²) in [6.45, 7) is 6.78. The number of thiophene rings is 1. The number of rotatable bonds is 6. The van der Waals surface area contributed by atoms with Gasteiger partial charge in [-0.15, -0.1) is 36.2 Å². The molecule has 0 aliphatic carbocycles. The van der Waals surface area contributed by atoms with E-state index in [1.165, 1.54) is 10.4 Å². The van der Waals surface area contributed by atoms with Crippen LogP contribution in [0.2, 0.25) is 0 Å². The number of benzene rings is 1. The molecule has 2 heterocycles. The van der Waals surface area contributed by atoms with Crippen molar-refractivity contribution in [3.63, 3.8) is 0 Å². The van der Waals surface area contributed by atoms with Gasteiger partial charge in [0, 0.05) is 36.6 Å². The zero-order chi connectivity index (χ0) is 17.8. The largest absolute Gasteiger partial charge is 0.354 e. The lowest BCUT2D eigenvalue weighted by Crippen LogP contribution is -2.46. The standard InChI is InChI=1S/C20H27N3OS.2ClH/c1-14(23-10-8-18-17(13-23)9-11-25-18)12-22-20(24)15(2)19(21)16-6-4-3-5-7-16;;/h3-7,9,11,14-15,19H,8,10,12-13,21H2,1-2H3,(H,22,24);2*1H. The molecule has 3 unspecified atom stereocenters. The van der Waals surface area contributed by atoms with Gasteiger partial charge in [0.25, 0.3) is 0 Å². The van der Waals surface area contributed by atoms with E-state index in [2.05, 4.69) is 28.6 Å². The lowest BCUT2D eigenvalue weighted by molar-refractivity contribution is -0.125. The van der Waals surface area contributed by atoms with Crippen LogP contribution < -0.4 is 11.1 Å². The Morgan fingerprint density at radius 2 is 1.93 bits per heavy atom. The smallest absolute Gasteiger partial charge is 0.224 e. The van der Waals surface area contributed by atoms with E-state index in [-0.39, 0.29) is 42.7 Å². The molecule has 0 spiro atoms. The summed E-state index contributed by atoms with van der Waals surface area (Å²) in [5.41, 5.74) is 8.70. The highest BCUT2D eigenvalue weighted by molar-refractivity contribution is 7.10. The lowest BCUT2D eigenvalue weighted by atomic mass is 9.94. The molecule has 7 heteroatoms. The highest BCUT2D eigenvalue weighted by Gasteiger charge is 2.25. The molecular weight excluding hydrogens is 401 g/mol. The zero-order valence-electron chi connectivity index (χ0n) is 15.8. The van der Waals surface area contributed by atoms with Crippen molar-refractivity contribution in [1.82, 2.24) is 10.2 Å². The van der Waals surface area contributed by atoms with Crippen molar-refractivity contribution in [3.05, 3.63) is 57.8 Å². The number of hydrogen-bond donors (Lipinski definition) is 2. The molecule has 3 rings (SSSR count). The summed E-state index contributed by atoms with van der Waals surface area (Å²) in [6.07, 6.45) is 1.11. The number of carbonyl (C=O) groups is 1. The van der Waals surface area contributed by atoms with Gasteiger partial charge in [0.05, 0.1) is 5.92 Å². The molecule has 3 atom stereocenters. The highest BCUT2D eigenvalue weighted by Crippen LogP contribution is 2.25. The van der Waals surface area contributed by atoms with Gasteiger partial charge < -0.3 is 11.1 Å². The first-order valence-corrected chi connectivity index (χ1v) is 9.81. The maximum Gasteiger partial charge on any atom is 0.224 e. The van der Waals surface area contributed by atoms with Crippen molar-refractivity contribution >= 4 is 42.1 Å². The maximum absolute atomic E-state index is 12.5. The average molecular weight is 430 g/mol. The van der Waals surface area contributed by atoms with Gasteiger partial charge in [0.1, 0.15) is 0 Å². The molecule has 0 fully saturated rings. The summed E-state index contributed by atoms with van der Waals surface area (Å²) >= 11 is 1.85. The molecular formula is C20H29Cl2N3OS. The first-order chi connectivity index (χ1) is 12.1. The third-order valence-corrected chi connectivity index (χ3v) is 6.19. The van der Waals surface area contributed by atoms with Gasteiger partial charge >= 0.3 is 0 Å². The Morgan fingerprint density at radius 3 is 2.63 bits per heavy atom. The van der Waals surface area contributed by atoms with E-state index >= 15 is 0 Å². The molecule has 4 nitrogen and oxygen atoms in total. The second-order valence-corrected chi connectivity index (χ2v) is 7.91. The summed E-state index contributed by atoms with van der Waals surface area (Å²) in [5, 5.41) is 5.26. The van der Waals surface area contributed by atoms with E-state index in [1.807, 2.05) is 48.6 Å². The minimum Gasteiger partial charge on any atom is -0.354 e. The van der Waals surface area contributed by atoms with E-state index in [0.29, 0.717) is 12.6 Å². The number of carbonyl (C=O) groups excluding carboxylic acids is 1. The number of hydrogen-bond acceptors (Lipinski definition) is 4. The van der Waals surface area contributed by atoms with Crippen LogP contribution in [0.25, 0.3) is 0 Å². The van der Waals surface area contributed by atoms with Gasteiger partial charge in [0.2, 0.25) is 5.91 Å². The van der Waals surface area contributed by atoms with Gasteiger partial charge in [-0.1, -0.05) is 37.3 Å². The zero-order valence-corrected chi connectivity index (χ0v) is 18.2. The molecule has 2 aromatic rings. The van der Waals surface area contributed by atoms with Crippen molar-refractivity contribution in [2.45, 2.75) is 38.9 Å². The highest BCUT2D eigenvalue weighted by atomic mass is 35.5. The Hall–Kier alpha value is -1.11. The fourth-order valence-electron chi connectivity index (χ4n) is 3.31. The van der Waals surface area contributed by atoms with Crippen LogP contribution in [0, 0.1) is 5.92 Å². The lowest BCUT2D eigenvalue weighted by Gasteiger charge is -2.33. The Kier molecular flexibility index (Phi) is 9.77. The Labute approximate surface area is 178 Å². The van der Waals surface area contributed by atoms with Crippen molar-refractivity contribution in [3.8, 4) is 0 Å². The molecule has 0 radical (unpaired) electrons. The fourth-order valence-corrected chi connectivity index (χ4v) is 4.20. The molecule has 0 saturated heterocycles. The third kappa shape index (κ3) is 5.93. The molecule has 1 aromatic carbocycles. The minimum absolute atomic E-state index is 0. The first-order valence-electron chi connectivity index (χ1n) is 8.93. The van der Waals surface area contributed by atoms with Gasteiger partial charge in [0.15, 0.2) is 0 Å². The van der Waals surface area contributed by atoms with E-state index in [1.54, 1.807) is 0 Å². The molecule has 1 amide bonds. The van der Waals surface area contributed by atoms with Gasteiger partial charge in [-0.25, -0.2) is 0 Å². The second kappa shape index (κ2) is 11.0. The number of nitrogens with one attached hydrogen (secondary N) is 1. The summed E-state index contributed by atoms with van der Waals surface area (Å²) in [4.78, 5) is 16.4. The Bertz CT molecular complexity index is 710. The summed E-state index contributed by atoms with van der Waals surface area (Å²) in [7, 11) is 0. The monoisotopic (exact) mass is 429 g/mol. The molecule has 1 aliphatic heterocycles. The maximum atomic E-state index is 12.5. The minimum atomic E-state index is -0.278. The Balaban J connectivity index is 0.00000182. The first kappa shape index (κ1) is 23.9. The topological polar surface area (TPSA) is 58.4 Å². The van der Waals surface area contributed by atoms with Crippen LogP contribution in [0.4, 0.5) is 0 Å². The van der Waals surface area contributed by atoms with Crippen LogP contribution in [0.3, 0.4) is 0 Å². The van der Waals surface area contributed by atoms with E-state index < -0.39 is 0 Å². The summed E-state index contributed by atoms with van der Waals surface area (Å²) < 4.78 is 0. The molecule has 1 aromatic heterocycles. The number of nitrogens with zero attached hydrogens (tertiary/aromatic N) is 1. The normalized spacial score (nSPS) is 16.9. The van der Waals surface area contributed by atoms with E-state index in [4.69, 9.17) is 5.73 Å². The van der Waals surface area contributed by atoms with Crippen LogP contribution in [0.1, 0.15) is 35.9 Å². The fraction of sp³-hybridized carbons (Fsp3) is 0.450. The molecule has 3 N–H and O–H groups in total. The Morgan fingerprint density at radius 1 is 1.22 bits per heavy atom. The van der Waals surface area contributed by atoms with Crippen LogP contribution in [0.5, 0.6) is 0 Å². The van der Waals surface area contributed by atoms with E-state index in [9.17, 15) is 4.79 Å². The molecule has 0 bridgehead atoms. The molecule has 1 aliphatic rings. The second-order valence-electron chi connectivity index (χ2n) is 6.91. The van der Waals surface area contributed by atoms with Crippen LogP contribution in [-0.4, -0.2) is 29.9 Å². The molecule has 27 heavy (non-hydrogen) atoms. The van der Waals surface area contributed by atoms with Crippen LogP contribution >= 0.6 is 36.2 Å². The molecule has 0 saturated carbocycles.